The fourth-order valence-electron chi connectivity index (χ4n) is 1.94. The number of pyridine rings is 1. The second-order valence-electron chi connectivity index (χ2n) is 4.22. The largest absolute Gasteiger partial charge is 0.478 e. The molecule has 0 bridgehead atoms. The van der Waals surface area contributed by atoms with Crippen molar-refractivity contribution in [3.8, 4) is 0 Å². The Hall–Kier alpha value is -1.91. The van der Waals surface area contributed by atoms with Crippen LogP contribution in [0.15, 0.2) is 12.3 Å². The van der Waals surface area contributed by atoms with Gasteiger partial charge in [0.1, 0.15) is 11.3 Å². The molecule has 1 N–H and O–H groups in total. The van der Waals surface area contributed by atoms with E-state index in [9.17, 15) is 4.79 Å². The van der Waals surface area contributed by atoms with E-state index in [0.29, 0.717) is 5.52 Å². The number of aryl methyl sites for hydroxylation is 1. The first-order valence-corrected chi connectivity index (χ1v) is 5.64. The third-order valence-electron chi connectivity index (χ3n) is 2.68. The Labute approximate surface area is 99.1 Å². The monoisotopic (exact) mass is 233 g/mol. The number of fused-ring (bicyclic) bond motifs is 1. The minimum absolute atomic E-state index is 0.175. The van der Waals surface area contributed by atoms with Crippen molar-refractivity contribution in [1.29, 1.82) is 0 Å². The lowest BCUT2D eigenvalue weighted by molar-refractivity contribution is 0.0696. The summed E-state index contributed by atoms with van der Waals surface area (Å²) in [5.74, 6) is -0.0402. The predicted octanol–water partition coefficient (Wildman–Crippen LogP) is 2.27. The maximum atomic E-state index is 10.9. The molecule has 0 fully saturated rings. The number of carboxylic acid groups (broad SMARTS) is 1. The maximum Gasteiger partial charge on any atom is 0.337 e. The molecule has 0 aromatic carbocycles. The highest BCUT2D eigenvalue weighted by molar-refractivity contribution is 5.90. The highest BCUT2D eigenvalue weighted by Gasteiger charge is 2.14. The number of aromatic carboxylic acids is 1. The Morgan fingerprint density at radius 2 is 2.24 bits per heavy atom. The second kappa shape index (κ2) is 4.16. The average molecular weight is 233 g/mol. The Balaban J connectivity index is 2.69. The van der Waals surface area contributed by atoms with Crippen molar-refractivity contribution in [2.75, 3.05) is 0 Å². The lowest BCUT2D eigenvalue weighted by Crippen LogP contribution is -2.06. The fraction of sp³-hybridized carbons (Fsp3) is 0.417. The first-order valence-electron chi connectivity index (χ1n) is 5.64. The van der Waals surface area contributed by atoms with Gasteiger partial charge in [0, 0.05) is 18.7 Å². The molecule has 0 radical (unpaired) electrons. The number of nitrogens with zero attached hydrogens (tertiary/aromatic N) is 3. The molecule has 5 heteroatoms. The van der Waals surface area contributed by atoms with Gasteiger partial charge in [-0.15, -0.1) is 0 Å². The van der Waals surface area contributed by atoms with Crippen LogP contribution in [0.3, 0.4) is 0 Å². The van der Waals surface area contributed by atoms with Crippen molar-refractivity contribution < 1.29 is 9.90 Å². The van der Waals surface area contributed by atoms with E-state index in [2.05, 4.69) is 23.8 Å². The van der Waals surface area contributed by atoms with Gasteiger partial charge in [0.15, 0.2) is 5.65 Å². The van der Waals surface area contributed by atoms with E-state index >= 15 is 0 Å². The topological polar surface area (TPSA) is 68.0 Å². The Bertz CT molecular complexity index is 572. The standard InChI is InChI=1S/C12H15N3O2/c1-4-10-14-9-5-8(12(16)17)6-13-11(9)15(10)7(2)3/h5-7H,4H2,1-3H3,(H,16,17). The summed E-state index contributed by atoms with van der Waals surface area (Å²) in [6.45, 7) is 6.15. The molecule has 0 amide bonds. The summed E-state index contributed by atoms with van der Waals surface area (Å²) in [5.41, 5.74) is 1.57. The maximum absolute atomic E-state index is 10.9. The van der Waals surface area contributed by atoms with Crippen LogP contribution in [-0.4, -0.2) is 25.6 Å². The van der Waals surface area contributed by atoms with Gasteiger partial charge in [-0.25, -0.2) is 14.8 Å². The van der Waals surface area contributed by atoms with E-state index in [0.717, 1.165) is 17.9 Å². The zero-order valence-electron chi connectivity index (χ0n) is 10.1. The van der Waals surface area contributed by atoms with Crippen LogP contribution >= 0.6 is 0 Å². The number of carbonyl (C=O) groups is 1. The third kappa shape index (κ3) is 1.88. The minimum atomic E-state index is -0.975. The molecule has 0 aliphatic rings. The number of aromatic nitrogens is 3. The van der Waals surface area contributed by atoms with Gasteiger partial charge >= 0.3 is 5.97 Å². The van der Waals surface area contributed by atoms with Gasteiger partial charge in [-0.2, -0.15) is 0 Å². The summed E-state index contributed by atoms with van der Waals surface area (Å²) >= 11 is 0. The van der Waals surface area contributed by atoms with Crippen LogP contribution in [0.4, 0.5) is 0 Å². The van der Waals surface area contributed by atoms with Crippen LogP contribution < -0.4 is 0 Å². The second-order valence-corrected chi connectivity index (χ2v) is 4.22. The quantitative estimate of drug-likeness (QED) is 0.883. The molecule has 0 spiro atoms. The van der Waals surface area contributed by atoms with Gasteiger partial charge < -0.3 is 9.67 Å². The van der Waals surface area contributed by atoms with Gasteiger partial charge in [0.2, 0.25) is 0 Å². The van der Waals surface area contributed by atoms with Crippen molar-refractivity contribution in [2.45, 2.75) is 33.2 Å². The van der Waals surface area contributed by atoms with E-state index < -0.39 is 5.97 Å². The highest BCUT2D eigenvalue weighted by atomic mass is 16.4. The van der Waals surface area contributed by atoms with Crippen LogP contribution in [0.25, 0.3) is 11.2 Å². The molecule has 0 aliphatic heterocycles. The molecule has 0 saturated heterocycles. The van der Waals surface area contributed by atoms with Gasteiger partial charge in [-0.1, -0.05) is 6.92 Å². The highest BCUT2D eigenvalue weighted by Crippen LogP contribution is 2.20. The Morgan fingerprint density at radius 3 is 2.76 bits per heavy atom. The van der Waals surface area contributed by atoms with E-state index in [4.69, 9.17) is 5.11 Å². The molecule has 0 saturated carbocycles. The molecule has 2 rings (SSSR count). The van der Waals surface area contributed by atoms with Crippen molar-refractivity contribution >= 4 is 17.1 Å². The number of carboxylic acids is 1. The van der Waals surface area contributed by atoms with Gasteiger partial charge in [0.25, 0.3) is 0 Å². The molecular formula is C12H15N3O2. The van der Waals surface area contributed by atoms with Gasteiger partial charge in [0.05, 0.1) is 5.56 Å². The van der Waals surface area contributed by atoms with Crippen LogP contribution in [0.2, 0.25) is 0 Å². The lowest BCUT2D eigenvalue weighted by Gasteiger charge is -2.10. The summed E-state index contributed by atoms with van der Waals surface area (Å²) < 4.78 is 2.04. The average Bonchev–Trinajstić information content (AvgIpc) is 2.65. The minimum Gasteiger partial charge on any atom is -0.478 e. The SMILES string of the molecule is CCc1nc2cc(C(=O)O)cnc2n1C(C)C. The first kappa shape index (κ1) is 11.6. The summed E-state index contributed by atoms with van der Waals surface area (Å²) in [7, 11) is 0. The third-order valence-corrected chi connectivity index (χ3v) is 2.68. The molecule has 90 valence electrons. The summed E-state index contributed by atoms with van der Waals surface area (Å²) in [4.78, 5) is 19.5. The molecule has 2 aromatic heterocycles. The van der Waals surface area contributed by atoms with Crippen LogP contribution in [0.5, 0.6) is 0 Å². The van der Waals surface area contributed by atoms with Crippen LogP contribution in [-0.2, 0) is 6.42 Å². The smallest absolute Gasteiger partial charge is 0.337 e. The zero-order valence-corrected chi connectivity index (χ0v) is 10.1. The van der Waals surface area contributed by atoms with Crippen molar-refractivity contribution in [1.82, 2.24) is 14.5 Å². The van der Waals surface area contributed by atoms with E-state index in [-0.39, 0.29) is 11.6 Å². The van der Waals surface area contributed by atoms with E-state index in [1.54, 1.807) is 6.07 Å². The number of rotatable bonds is 3. The Morgan fingerprint density at radius 1 is 1.53 bits per heavy atom. The van der Waals surface area contributed by atoms with Crippen LogP contribution in [0.1, 0.15) is 43.0 Å². The zero-order chi connectivity index (χ0) is 12.6. The van der Waals surface area contributed by atoms with Crippen molar-refractivity contribution in [3.05, 3.63) is 23.7 Å². The number of hydrogen-bond acceptors (Lipinski definition) is 3. The van der Waals surface area contributed by atoms with Gasteiger partial charge in [-0.3, -0.25) is 0 Å². The molecule has 0 unspecified atom stereocenters. The van der Waals surface area contributed by atoms with Crippen molar-refractivity contribution in [3.63, 3.8) is 0 Å². The van der Waals surface area contributed by atoms with Crippen LogP contribution in [0, 0.1) is 0 Å². The fourth-order valence-corrected chi connectivity index (χ4v) is 1.94. The predicted molar refractivity (Wildman–Crippen MR) is 64.3 cm³/mol. The molecule has 17 heavy (non-hydrogen) atoms. The summed E-state index contributed by atoms with van der Waals surface area (Å²) in [6, 6.07) is 1.83. The van der Waals surface area contributed by atoms with Crippen molar-refractivity contribution in [2.24, 2.45) is 0 Å². The number of imidazole rings is 1. The summed E-state index contributed by atoms with van der Waals surface area (Å²) in [6.07, 6.45) is 2.18. The molecule has 5 nitrogen and oxygen atoms in total. The normalized spacial score (nSPS) is 11.3. The number of hydrogen-bond donors (Lipinski definition) is 1. The van der Waals surface area contributed by atoms with Gasteiger partial charge in [-0.05, 0) is 19.9 Å². The molecule has 2 aromatic rings. The summed E-state index contributed by atoms with van der Waals surface area (Å²) in [5, 5.41) is 8.91. The first-order chi connectivity index (χ1) is 8.04. The lowest BCUT2D eigenvalue weighted by atomic mass is 10.3. The Kier molecular flexibility index (Phi) is 2.83. The molecule has 0 aliphatic carbocycles. The molecule has 0 atom stereocenters. The molecule has 2 heterocycles. The van der Waals surface area contributed by atoms with E-state index in [1.807, 2.05) is 11.5 Å². The van der Waals surface area contributed by atoms with E-state index in [1.165, 1.54) is 6.20 Å². The molecular weight excluding hydrogens is 218 g/mol.